The van der Waals surface area contributed by atoms with Crippen LogP contribution in [0.4, 0.5) is 0 Å². The van der Waals surface area contributed by atoms with Gasteiger partial charge in [0.05, 0.1) is 25.4 Å². The van der Waals surface area contributed by atoms with E-state index in [9.17, 15) is 0 Å². The summed E-state index contributed by atoms with van der Waals surface area (Å²) in [7, 11) is 0. The van der Waals surface area contributed by atoms with Gasteiger partial charge in [0.2, 0.25) is 0 Å². The van der Waals surface area contributed by atoms with Gasteiger partial charge in [-0.1, -0.05) is 0 Å². The van der Waals surface area contributed by atoms with Crippen LogP contribution in [0.3, 0.4) is 0 Å². The smallest absolute Gasteiger partial charge is 0.0932 e. The maximum Gasteiger partial charge on any atom is 0.0932 e. The van der Waals surface area contributed by atoms with Gasteiger partial charge in [0.1, 0.15) is 0 Å². The molecule has 0 saturated carbocycles. The Labute approximate surface area is 84.8 Å². The minimum Gasteiger partial charge on any atom is -0.394 e. The maximum atomic E-state index is 8.99. The minimum absolute atomic E-state index is 0.00477. The van der Waals surface area contributed by atoms with E-state index in [-0.39, 0.29) is 12.7 Å². The number of rotatable bonds is 3. The van der Waals surface area contributed by atoms with Crippen molar-refractivity contribution in [3.63, 3.8) is 0 Å². The van der Waals surface area contributed by atoms with Crippen molar-refractivity contribution in [2.24, 2.45) is 0 Å². The first kappa shape index (κ1) is 10.4. The predicted molar refractivity (Wildman–Crippen MR) is 52.2 cm³/mol. The van der Waals surface area contributed by atoms with Gasteiger partial charge in [0.25, 0.3) is 0 Å². The fourth-order valence-corrected chi connectivity index (χ4v) is 2.13. The second-order valence-electron chi connectivity index (χ2n) is 4.07. The van der Waals surface area contributed by atoms with Crippen LogP contribution in [-0.4, -0.2) is 61.7 Å². The first-order valence-corrected chi connectivity index (χ1v) is 5.45. The third-order valence-electron chi connectivity index (χ3n) is 2.91. The van der Waals surface area contributed by atoms with Crippen LogP contribution in [0.25, 0.3) is 0 Å². The van der Waals surface area contributed by atoms with Crippen molar-refractivity contribution in [1.82, 2.24) is 4.90 Å². The Balaban J connectivity index is 1.73. The summed E-state index contributed by atoms with van der Waals surface area (Å²) in [5, 5.41) is 8.99. The van der Waals surface area contributed by atoms with E-state index in [4.69, 9.17) is 14.6 Å². The number of morpholine rings is 1. The van der Waals surface area contributed by atoms with E-state index in [1.165, 1.54) is 12.8 Å². The summed E-state index contributed by atoms with van der Waals surface area (Å²) < 4.78 is 11.0. The van der Waals surface area contributed by atoms with Crippen LogP contribution in [0.15, 0.2) is 0 Å². The molecule has 0 bridgehead atoms. The van der Waals surface area contributed by atoms with Crippen LogP contribution in [0.5, 0.6) is 0 Å². The van der Waals surface area contributed by atoms with Crippen LogP contribution >= 0.6 is 0 Å². The fraction of sp³-hybridized carbons (Fsp3) is 1.00. The van der Waals surface area contributed by atoms with Crippen LogP contribution in [0.2, 0.25) is 0 Å². The quantitative estimate of drug-likeness (QED) is 0.690. The Hall–Kier alpha value is -0.160. The molecule has 2 aliphatic heterocycles. The lowest BCUT2D eigenvalue weighted by molar-refractivity contribution is -0.0631. The molecule has 2 aliphatic rings. The van der Waals surface area contributed by atoms with Crippen molar-refractivity contribution in [2.75, 3.05) is 39.5 Å². The van der Waals surface area contributed by atoms with Crippen molar-refractivity contribution in [1.29, 1.82) is 0 Å². The van der Waals surface area contributed by atoms with Crippen LogP contribution in [0, 0.1) is 0 Å². The standard InChI is InChI=1S/C10H19NO3/c12-8-10-7-11(3-5-14-10)6-9-2-1-4-13-9/h9-10,12H,1-8H2. The third-order valence-corrected chi connectivity index (χ3v) is 2.91. The van der Waals surface area contributed by atoms with Crippen molar-refractivity contribution >= 4 is 0 Å². The average Bonchev–Trinajstić information content (AvgIpc) is 2.71. The predicted octanol–water partition coefficient (Wildman–Crippen LogP) is -0.141. The molecule has 0 aromatic rings. The summed E-state index contributed by atoms with van der Waals surface area (Å²) in [6.45, 7) is 4.59. The van der Waals surface area contributed by atoms with Crippen molar-refractivity contribution in [3.8, 4) is 0 Å². The van der Waals surface area contributed by atoms with Crippen LogP contribution in [-0.2, 0) is 9.47 Å². The van der Waals surface area contributed by atoms with Gasteiger partial charge in [-0.15, -0.1) is 0 Å². The molecule has 0 spiro atoms. The molecule has 2 unspecified atom stereocenters. The molecule has 0 aromatic heterocycles. The lowest BCUT2D eigenvalue weighted by Crippen LogP contribution is -2.46. The van der Waals surface area contributed by atoms with E-state index in [0.717, 1.165) is 32.8 Å². The molecule has 2 atom stereocenters. The molecule has 82 valence electrons. The second kappa shape index (κ2) is 5.07. The van der Waals surface area contributed by atoms with E-state index in [2.05, 4.69) is 4.90 Å². The molecule has 0 aromatic carbocycles. The number of hydrogen-bond acceptors (Lipinski definition) is 4. The van der Waals surface area contributed by atoms with Gasteiger partial charge in [-0.05, 0) is 12.8 Å². The Bertz CT molecular complexity index is 171. The summed E-state index contributed by atoms with van der Waals surface area (Å²) in [6.07, 6.45) is 2.79. The van der Waals surface area contributed by atoms with E-state index >= 15 is 0 Å². The Morgan fingerprint density at radius 3 is 2.79 bits per heavy atom. The molecule has 0 radical (unpaired) electrons. The monoisotopic (exact) mass is 201 g/mol. The highest BCUT2D eigenvalue weighted by Crippen LogP contribution is 2.15. The summed E-state index contributed by atoms with van der Waals surface area (Å²) in [5.41, 5.74) is 0. The summed E-state index contributed by atoms with van der Waals surface area (Å²) in [5.74, 6) is 0. The minimum atomic E-state index is 0.00477. The zero-order valence-corrected chi connectivity index (χ0v) is 8.52. The van der Waals surface area contributed by atoms with E-state index in [1.807, 2.05) is 0 Å². The van der Waals surface area contributed by atoms with E-state index in [0.29, 0.717) is 6.10 Å². The highest BCUT2D eigenvalue weighted by atomic mass is 16.5. The summed E-state index contributed by atoms with van der Waals surface area (Å²) >= 11 is 0. The zero-order chi connectivity index (χ0) is 9.80. The molecule has 2 fully saturated rings. The Morgan fingerprint density at radius 1 is 1.21 bits per heavy atom. The molecule has 4 heteroatoms. The highest BCUT2D eigenvalue weighted by Gasteiger charge is 2.24. The first-order chi connectivity index (χ1) is 6.88. The molecule has 2 saturated heterocycles. The molecule has 0 aliphatic carbocycles. The van der Waals surface area contributed by atoms with Crippen LogP contribution in [0.1, 0.15) is 12.8 Å². The number of hydrogen-bond donors (Lipinski definition) is 1. The molecular formula is C10H19NO3. The van der Waals surface area contributed by atoms with Crippen molar-refractivity contribution in [3.05, 3.63) is 0 Å². The summed E-state index contributed by atoms with van der Waals surface area (Å²) in [4.78, 5) is 2.33. The third kappa shape index (κ3) is 2.67. The van der Waals surface area contributed by atoms with Gasteiger partial charge in [0.15, 0.2) is 0 Å². The molecular weight excluding hydrogens is 182 g/mol. The second-order valence-corrected chi connectivity index (χ2v) is 4.07. The highest BCUT2D eigenvalue weighted by molar-refractivity contribution is 4.75. The normalized spacial score (nSPS) is 34.9. The molecule has 2 rings (SSSR count). The first-order valence-electron chi connectivity index (χ1n) is 5.45. The lowest BCUT2D eigenvalue weighted by atomic mass is 10.2. The Morgan fingerprint density at radius 2 is 2.07 bits per heavy atom. The molecule has 0 amide bonds. The SMILES string of the molecule is OCC1CN(CC2CCCO2)CCO1. The van der Waals surface area contributed by atoms with Gasteiger partial charge in [-0.25, -0.2) is 0 Å². The van der Waals surface area contributed by atoms with Crippen molar-refractivity contribution < 1.29 is 14.6 Å². The number of aliphatic hydroxyl groups is 1. The molecule has 2 heterocycles. The summed E-state index contributed by atoms with van der Waals surface area (Å²) in [6, 6.07) is 0. The largest absolute Gasteiger partial charge is 0.394 e. The number of nitrogens with zero attached hydrogens (tertiary/aromatic N) is 1. The number of aliphatic hydroxyl groups excluding tert-OH is 1. The molecule has 1 N–H and O–H groups in total. The fourth-order valence-electron chi connectivity index (χ4n) is 2.13. The van der Waals surface area contributed by atoms with Crippen molar-refractivity contribution in [2.45, 2.75) is 25.0 Å². The Kier molecular flexibility index (Phi) is 3.75. The van der Waals surface area contributed by atoms with E-state index < -0.39 is 0 Å². The van der Waals surface area contributed by atoms with Gasteiger partial charge < -0.3 is 14.6 Å². The van der Waals surface area contributed by atoms with Gasteiger partial charge in [0, 0.05) is 26.2 Å². The van der Waals surface area contributed by atoms with Gasteiger partial charge in [-0.3, -0.25) is 4.90 Å². The van der Waals surface area contributed by atoms with Gasteiger partial charge in [-0.2, -0.15) is 0 Å². The maximum absolute atomic E-state index is 8.99. The topological polar surface area (TPSA) is 41.9 Å². The van der Waals surface area contributed by atoms with Gasteiger partial charge >= 0.3 is 0 Å². The van der Waals surface area contributed by atoms with Crippen LogP contribution < -0.4 is 0 Å². The lowest BCUT2D eigenvalue weighted by Gasteiger charge is -2.33. The number of ether oxygens (including phenoxy) is 2. The zero-order valence-electron chi connectivity index (χ0n) is 8.52. The average molecular weight is 201 g/mol. The van der Waals surface area contributed by atoms with E-state index in [1.54, 1.807) is 0 Å². The molecule has 14 heavy (non-hydrogen) atoms. The molecule has 4 nitrogen and oxygen atoms in total.